The molecule has 3 rings (SSSR count). The molecule has 0 aromatic heterocycles. The SMILES string of the molecule is CCNC(=NCC(C)(C)N1CCOCC1)NCC(c1ccc(C)cc1)N1CCOCC1. The van der Waals surface area contributed by atoms with E-state index >= 15 is 0 Å². The molecule has 0 aliphatic carbocycles. The first-order valence-electron chi connectivity index (χ1n) is 11.7. The summed E-state index contributed by atoms with van der Waals surface area (Å²) in [5.41, 5.74) is 2.63. The van der Waals surface area contributed by atoms with E-state index in [-0.39, 0.29) is 5.54 Å². The van der Waals surface area contributed by atoms with Crippen molar-refractivity contribution in [1.82, 2.24) is 20.4 Å². The van der Waals surface area contributed by atoms with Gasteiger partial charge in [0.25, 0.3) is 0 Å². The number of aryl methyl sites for hydroxylation is 1. The molecule has 7 nitrogen and oxygen atoms in total. The maximum absolute atomic E-state index is 5.59. The molecule has 2 aliphatic rings. The van der Waals surface area contributed by atoms with Gasteiger partial charge in [-0.25, -0.2) is 0 Å². The molecule has 2 N–H and O–H groups in total. The molecular formula is C24H41N5O2. The first kappa shape index (κ1) is 24.0. The fraction of sp³-hybridized carbons (Fsp3) is 0.708. The lowest BCUT2D eigenvalue weighted by Gasteiger charge is -2.40. The van der Waals surface area contributed by atoms with Crippen molar-refractivity contribution >= 4 is 5.96 Å². The molecule has 0 saturated carbocycles. The number of hydrogen-bond acceptors (Lipinski definition) is 5. The summed E-state index contributed by atoms with van der Waals surface area (Å²) in [5, 5.41) is 7.05. The summed E-state index contributed by atoms with van der Waals surface area (Å²) in [6.45, 7) is 18.3. The highest BCUT2D eigenvalue weighted by Gasteiger charge is 2.28. The van der Waals surface area contributed by atoms with Crippen LogP contribution in [0, 0.1) is 6.92 Å². The van der Waals surface area contributed by atoms with Crippen LogP contribution < -0.4 is 10.6 Å². The zero-order valence-corrected chi connectivity index (χ0v) is 19.8. The van der Waals surface area contributed by atoms with Gasteiger partial charge in [-0.3, -0.25) is 14.8 Å². The van der Waals surface area contributed by atoms with E-state index in [0.29, 0.717) is 6.04 Å². The lowest BCUT2D eigenvalue weighted by Crippen LogP contribution is -2.52. The summed E-state index contributed by atoms with van der Waals surface area (Å²) < 4.78 is 11.1. The molecule has 2 heterocycles. The van der Waals surface area contributed by atoms with Crippen LogP contribution in [0.3, 0.4) is 0 Å². The summed E-state index contributed by atoms with van der Waals surface area (Å²) in [6.07, 6.45) is 0. The molecule has 2 saturated heterocycles. The Morgan fingerprint density at radius 3 is 2.23 bits per heavy atom. The van der Waals surface area contributed by atoms with Crippen molar-refractivity contribution in [3.8, 4) is 0 Å². The van der Waals surface area contributed by atoms with Crippen LogP contribution in [0.15, 0.2) is 29.3 Å². The second-order valence-corrected chi connectivity index (χ2v) is 9.06. The Morgan fingerprint density at radius 1 is 1.00 bits per heavy atom. The molecule has 1 aromatic carbocycles. The van der Waals surface area contributed by atoms with Crippen LogP contribution in [-0.2, 0) is 9.47 Å². The van der Waals surface area contributed by atoms with Gasteiger partial charge in [0.05, 0.1) is 39.0 Å². The lowest BCUT2D eigenvalue weighted by atomic mass is 10.0. The minimum atomic E-state index is 0.00665. The van der Waals surface area contributed by atoms with Crippen LogP contribution in [0.25, 0.3) is 0 Å². The highest BCUT2D eigenvalue weighted by Crippen LogP contribution is 2.22. The standard InChI is InChI=1S/C24H41N5O2/c1-5-25-23(27-19-24(3,4)29-12-16-31-17-13-29)26-18-22(28-10-14-30-15-11-28)21-8-6-20(2)7-9-21/h6-9,22H,5,10-19H2,1-4H3,(H2,25,26,27). The molecule has 0 radical (unpaired) electrons. The highest BCUT2D eigenvalue weighted by molar-refractivity contribution is 5.79. The minimum absolute atomic E-state index is 0.00665. The van der Waals surface area contributed by atoms with E-state index in [9.17, 15) is 0 Å². The highest BCUT2D eigenvalue weighted by atomic mass is 16.5. The fourth-order valence-electron chi connectivity index (χ4n) is 4.21. The van der Waals surface area contributed by atoms with Crippen molar-refractivity contribution in [2.45, 2.75) is 39.3 Å². The van der Waals surface area contributed by atoms with Crippen LogP contribution in [0.2, 0.25) is 0 Å². The maximum atomic E-state index is 5.59. The van der Waals surface area contributed by atoms with Gasteiger partial charge in [-0.2, -0.15) is 0 Å². The summed E-state index contributed by atoms with van der Waals surface area (Å²) >= 11 is 0. The molecule has 174 valence electrons. The van der Waals surface area contributed by atoms with Crippen molar-refractivity contribution in [1.29, 1.82) is 0 Å². The maximum Gasteiger partial charge on any atom is 0.191 e. The Bertz CT molecular complexity index is 680. The number of guanidine groups is 1. The molecule has 2 aliphatic heterocycles. The van der Waals surface area contributed by atoms with E-state index in [1.54, 1.807) is 0 Å². The smallest absolute Gasteiger partial charge is 0.191 e. The van der Waals surface area contributed by atoms with Gasteiger partial charge in [0.1, 0.15) is 0 Å². The number of nitrogens with one attached hydrogen (secondary N) is 2. The first-order valence-corrected chi connectivity index (χ1v) is 11.7. The topological polar surface area (TPSA) is 61.4 Å². The van der Waals surface area contributed by atoms with Crippen LogP contribution >= 0.6 is 0 Å². The first-order chi connectivity index (χ1) is 15.0. The molecule has 0 spiro atoms. The van der Waals surface area contributed by atoms with Gasteiger partial charge in [-0.1, -0.05) is 29.8 Å². The van der Waals surface area contributed by atoms with Gasteiger partial charge in [-0.05, 0) is 33.3 Å². The monoisotopic (exact) mass is 431 g/mol. The average molecular weight is 432 g/mol. The molecule has 2 fully saturated rings. The van der Waals surface area contributed by atoms with E-state index in [2.05, 4.69) is 72.4 Å². The van der Waals surface area contributed by atoms with E-state index in [1.807, 2.05) is 0 Å². The van der Waals surface area contributed by atoms with Crippen molar-refractivity contribution in [2.24, 2.45) is 4.99 Å². The Kier molecular flexibility index (Phi) is 9.14. The predicted octanol–water partition coefficient (Wildman–Crippen LogP) is 2.03. The van der Waals surface area contributed by atoms with E-state index in [4.69, 9.17) is 14.5 Å². The molecule has 1 unspecified atom stereocenters. The number of nitrogens with zero attached hydrogens (tertiary/aromatic N) is 3. The molecule has 1 atom stereocenters. The summed E-state index contributed by atoms with van der Waals surface area (Å²) in [5.74, 6) is 0.884. The zero-order chi connectivity index (χ0) is 22.1. The molecule has 1 aromatic rings. The third-order valence-corrected chi connectivity index (χ3v) is 6.25. The third kappa shape index (κ3) is 7.17. The number of aliphatic imine (C=N–C) groups is 1. The van der Waals surface area contributed by atoms with Gasteiger partial charge in [0.15, 0.2) is 5.96 Å². The van der Waals surface area contributed by atoms with E-state index < -0.39 is 0 Å². The van der Waals surface area contributed by atoms with Gasteiger partial charge >= 0.3 is 0 Å². The van der Waals surface area contributed by atoms with Gasteiger partial charge in [0, 0.05) is 44.8 Å². The molecule has 31 heavy (non-hydrogen) atoms. The molecular weight excluding hydrogens is 390 g/mol. The largest absolute Gasteiger partial charge is 0.379 e. The van der Waals surface area contributed by atoms with Crippen molar-refractivity contribution in [3.63, 3.8) is 0 Å². The normalized spacial score (nSPS) is 20.5. The van der Waals surface area contributed by atoms with Crippen LogP contribution in [0.1, 0.15) is 37.9 Å². The number of ether oxygens (including phenoxy) is 2. The lowest BCUT2D eigenvalue weighted by molar-refractivity contribution is -0.00684. The average Bonchev–Trinajstić information content (AvgIpc) is 2.80. The number of morpholine rings is 2. The fourth-order valence-corrected chi connectivity index (χ4v) is 4.21. The van der Waals surface area contributed by atoms with Gasteiger partial charge in [0.2, 0.25) is 0 Å². The van der Waals surface area contributed by atoms with Gasteiger partial charge < -0.3 is 20.1 Å². The van der Waals surface area contributed by atoms with Gasteiger partial charge in [-0.15, -0.1) is 0 Å². The minimum Gasteiger partial charge on any atom is -0.379 e. The predicted molar refractivity (Wildman–Crippen MR) is 127 cm³/mol. The van der Waals surface area contributed by atoms with Crippen molar-refractivity contribution in [2.75, 3.05) is 72.2 Å². The molecule has 0 amide bonds. The Hall–Kier alpha value is -1.67. The molecule has 0 bridgehead atoms. The van der Waals surface area contributed by atoms with Crippen LogP contribution in [0.4, 0.5) is 0 Å². The number of benzene rings is 1. The Labute approximate surface area is 188 Å². The summed E-state index contributed by atoms with van der Waals surface area (Å²) in [4.78, 5) is 9.95. The van der Waals surface area contributed by atoms with Crippen molar-refractivity contribution in [3.05, 3.63) is 35.4 Å². The number of hydrogen-bond donors (Lipinski definition) is 2. The second kappa shape index (κ2) is 11.8. The summed E-state index contributed by atoms with van der Waals surface area (Å²) in [6, 6.07) is 9.20. The molecule has 7 heteroatoms. The van der Waals surface area contributed by atoms with E-state index in [1.165, 1.54) is 11.1 Å². The Balaban J connectivity index is 1.67. The quantitative estimate of drug-likeness (QED) is 0.485. The second-order valence-electron chi connectivity index (χ2n) is 9.06. The van der Waals surface area contributed by atoms with Crippen LogP contribution in [-0.4, -0.2) is 93.5 Å². The Morgan fingerprint density at radius 2 is 1.61 bits per heavy atom. The third-order valence-electron chi connectivity index (χ3n) is 6.25. The zero-order valence-electron chi connectivity index (χ0n) is 19.8. The van der Waals surface area contributed by atoms with E-state index in [0.717, 1.165) is 78.2 Å². The number of rotatable bonds is 8. The van der Waals surface area contributed by atoms with Crippen LogP contribution in [0.5, 0.6) is 0 Å². The van der Waals surface area contributed by atoms with Crippen molar-refractivity contribution < 1.29 is 9.47 Å². The summed E-state index contributed by atoms with van der Waals surface area (Å²) in [7, 11) is 0.